The first-order chi connectivity index (χ1) is 13.6. The molecular weight excluding hydrogens is 376 g/mol. The molecule has 0 spiro atoms. The molecule has 0 aliphatic carbocycles. The Balaban J connectivity index is 1.56. The molecule has 2 aromatic heterocycles. The maximum Gasteiger partial charge on any atom is 0.316 e. The number of Topliss-reactive ketones (excluding diaryl/α,β-unsaturated/α-hetero) is 1. The molecule has 2 heterocycles. The number of rotatable bonds is 7. The van der Waals surface area contributed by atoms with Gasteiger partial charge in [-0.15, -0.1) is 16.4 Å². The van der Waals surface area contributed by atoms with E-state index in [2.05, 4.69) is 20.5 Å². The monoisotopic (exact) mass is 392 g/mol. The van der Waals surface area contributed by atoms with Crippen LogP contribution < -0.4 is 5.32 Å². The van der Waals surface area contributed by atoms with Gasteiger partial charge in [0.15, 0.2) is 10.8 Å². The fourth-order valence-electron chi connectivity index (χ4n) is 2.61. The van der Waals surface area contributed by atoms with Crippen LogP contribution in [-0.4, -0.2) is 33.3 Å². The van der Waals surface area contributed by atoms with E-state index < -0.39 is 5.78 Å². The number of fused-ring (bicyclic) bond motifs is 1. The van der Waals surface area contributed by atoms with Crippen LogP contribution in [0.25, 0.3) is 21.3 Å². The maximum absolute atomic E-state index is 12.6. The molecule has 0 unspecified atom stereocenters. The Labute approximate surface area is 164 Å². The molecule has 140 valence electrons. The zero-order chi connectivity index (χ0) is 19.5. The molecule has 1 N–H and O–H groups in total. The molecule has 0 saturated heterocycles. The van der Waals surface area contributed by atoms with Crippen LogP contribution in [0.3, 0.4) is 0 Å². The van der Waals surface area contributed by atoms with Gasteiger partial charge in [-0.2, -0.15) is 0 Å². The van der Waals surface area contributed by atoms with E-state index in [4.69, 9.17) is 4.42 Å². The van der Waals surface area contributed by atoms with Crippen LogP contribution in [0.4, 0.5) is 6.01 Å². The Bertz CT molecular complexity index is 1150. The third-order valence-electron chi connectivity index (χ3n) is 4.14. The smallest absolute Gasteiger partial charge is 0.316 e. The van der Waals surface area contributed by atoms with Crippen molar-refractivity contribution in [2.75, 3.05) is 11.9 Å². The molecule has 0 radical (unpaired) electrons. The summed E-state index contributed by atoms with van der Waals surface area (Å²) < 4.78 is 6.21. The molecule has 0 atom stereocenters. The van der Waals surface area contributed by atoms with Gasteiger partial charge in [0.2, 0.25) is 0 Å². The predicted molar refractivity (Wildman–Crippen MR) is 107 cm³/mol. The van der Waals surface area contributed by atoms with Crippen molar-refractivity contribution in [3.05, 3.63) is 59.4 Å². The van der Waals surface area contributed by atoms with Crippen molar-refractivity contribution in [2.45, 2.75) is 13.3 Å². The highest BCUT2D eigenvalue weighted by atomic mass is 32.1. The summed E-state index contributed by atoms with van der Waals surface area (Å²) in [6.07, 6.45) is 0.406. The first-order valence-electron chi connectivity index (χ1n) is 8.74. The second kappa shape index (κ2) is 7.69. The molecule has 8 heteroatoms. The normalized spacial score (nSPS) is 10.9. The van der Waals surface area contributed by atoms with Gasteiger partial charge in [-0.25, -0.2) is 4.98 Å². The Hall–Kier alpha value is -3.39. The van der Waals surface area contributed by atoms with Gasteiger partial charge < -0.3 is 9.73 Å². The lowest BCUT2D eigenvalue weighted by Gasteiger charge is -2.00. The minimum absolute atomic E-state index is 0.00599. The Morgan fingerprint density at radius 3 is 2.68 bits per heavy atom. The van der Waals surface area contributed by atoms with E-state index in [-0.39, 0.29) is 29.2 Å². The molecule has 2 aromatic carbocycles. The van der Waals surface area contributed by atoms with Gasteiger partial charge in [0.05, 0.1) is 16.8 Å². The molecule has 0 aliphatic rings. The molecule has 4 aromatic rings. The summed E-state index contributed by atoms with van der Waals surface area (Å²) in [5, 5.41) is 10.5. The number of nitrogens with one attached hydrogen (secondary N) is 1. The van der Waals surface area contributed by atoms with Crippen LogP contribution >= 0.6 is 11.3 Å². The number of carbonyl (C=O) groups excluding carboxylic acids is 2. The Morgan fingerprint density at radius 1 is 1.07 bits per heavy atom. The number of anilines is 1. The third-order valence-corrected chi connectivity index (χ3v) is 5.16. The van der Waals surface area contributed by atoms with E-state index in [0.717, 1.165) is 21.3 Å². The maximum atomic E-state index is 12.6. The second-order valence-corrected chi connectivity index (χ2v) is 7.09. The fourth-order valence-corrected chi connectivity index (χ4v) is 3.55. The summed E-state index contributed by atoms with van der Waals surface area (Å²) in [4.78, 5) is 28.4. The Kier molecular flexibility index (Phi) is 4.94. The molecule has 0 fully saturated rings. The summed E-state index contributed by atoms with van der Waals surface area (Å²) in [6, 6.07) is 15.9. The summed E-state index contributed by atoms with van der Waals surface area (Å²) in [5.41, 5.74) is 2.89. The molecule has 0 amide bonds. The molecule has 28 heavy (non-hydrogen) atoms. The first-order valence-corrected chi connectivity index (χ1v) is 9.55. The molecule has 0 bridgehead atoms. The third kappa shape index (κ3) is 3.67. The molecular formula is C20H16N4O3S. The molecule has 7 nitrogen and oxygen atoms in total. The van der Waals surface area contributed by atoms with E-state index in [1.165, 1.54) is 11.3 Å². The number of benzene rings is 2. The number of carbonyl (C=O) groups is 2. The quantitative estimate of drug-likeness (QED) is 0.475. The molecule has 0 aliphatic heterocycles. The lowest BCUT2D eigenvalue weighted by molar-refractivity contribution is -0.117. The van der Waals surface area contributed by atoms with Crippen molar-refractivity contribution in [1.29, 1.82) is 0 Å². The minimum atomic E-state index is -0.440. The molecule has 4 rings (SSSR count). The molecule has 0 saturated carbocycles. The first kappa shape index (κ1) is 18.0. The van der Waals surface area contributed by atoms with Crippen molar-refractivity contribution in [3.63, 3.8) is 0 Å². The second-order valence-electron chi connectivity index (χ2n) is 6.05. The summed E-state index contributed by atoms with van der Waals surface area (Å²) >= 11 is 1.28. The van der Waals surface area contributed by atoms with Gasteiger partial charge in [0, 0.05) is 6.42 Å². The average molecular weight is 392 g/mol. The number of ketones is 2. The van der Waals surface area contributed by atoms with E-state index >= 15 is 0 Å². The summed E-state index contributed by atoms with van der Waals surface area (Å²) in [6.45, 7) is 1.85. The fraction of sp³-hybridized carbons (Fsp3) is 0.150. The Morgan fingerprint density at radius 2 is 1.89 bits per heavy atom. The largest absolute Gasteiger partial charge is 0.400 e. The average Bonchev–Trinajstić information content (AvgIpc) is 3.38. The zero-order valence-electron chi connectivity index (χ0n) is 15.0. The number of aromatic nitrogens is 3. The standard InChI is InChI=1S/C20H16N4O3S/c1-2-14(25)11-21-20-24-23-18(27-20)17(26)19-22-15-9-8-13(10-16(15)28-19)12-6-4-3-5-7-12/h3-10H,2,11H2,1H3,(H,21,24). The van der Waals surface area contributed by atoms with Gasteiger partial charge in [-0.1, -0.05) is 48.4 Å². The van der Waals surface area contributed by atoms with E-state index in [1.807, 2.05) is 48.5 Å². The topological polar surface area (TPSA) is 98.0 Å². The van der Waals surface area contributed by atoms with Gasteiger partial charge in [0.25, 0.3) is 11.7 Å². The number of thiazole rings is 1. The number of nitrogens with zero attached hydrogens (tertiary/aromatic N) is 3. The minimum Gasteiger partial charge on any atom is -0.400 e. The van der Waals surface area contributed by atoms with Gasteiger partial charge in [-0.3, -0.25) is 9.59 Å². The van der Waals surface area contributed by atoms with E-state index in [1.54, 1.807) is 6.92 Å². The number of hydrogen-bond donors (Lipinski definition) is 1. The van der Waals surface area contributed by atoms with Crippen molar-refractivity contribution in [1.82, 2.24) is 15.2 Å². The van der Waals surface area contributed by atoms with Crippen LogP contribution in [0.5, 0.6) is 0 Å². The van der Waals surface area contributed by atoms with Crippen LogP contribution in [-0.2, 0) is 4.79 Å². The predicted octanol–water partition coefficient (Wildman–Crippen LogP) is 3.97. The van der Waals surface area contributed by atoms with Crippen molar-refractivity contribution in [2.24, 2.45) is 0 Å². The van der Waals surface area contributed by atoms with Gasteiger partial charge in [-0.05, 0) is 23.3 Å². The van der Waals surface area contributed by atoms with E-state index in [9.17, 15) is 9.59 Å². The van der Waals surface area contributed by atoms with Crippen molar-refractivity contribution < 1.29 is 14.0 Å². The highest BCUT2D eigenvalue weighted by molar-refractivity contribution is 7.20. The van der Waals surface area contributed by atoms with Crippen LogP contribution in [0.2, 0.25) is 0 Å². The number of hydrogen-bond acceptors (Lipinski definition) is 8. The van der Waals surface area contributed by atoms with Crippen LogP contribution in [0, 0.1) is 0 Å². The highest BCUT2D eigenvalue weighted by Crippen LogP contribution is 2.29. The summed E-state index contributed by atoms with van der Waals surface area (Å²) in [7, 11) is 0. The summed E-state index contributed by atoms with van der Waals surface area (Å²) in [5.74, 6) is -0.593. The van der Waals surface area contributed by atoms with Gasteiger partial charge in [0.1, 0.15) is 0 Å². The van der Waals surface area contributed by atoms with E-state index in [0.29, 0.717) is 6.42 Å². The highest BCUT2D eigenvalue weighted by Gasteiger charge is 2.21. The lowest BCUT2D eigenvalue weighted by atomic mass is 10.1. The van der Waals surface area contributed by atoms with Gasteiger partial charge >= 0.3 is 6.01 Å². The van der Waals surface area contributed by atoms with Crippen LogP contribution in [0.15, 0.2) is 52.9 Å². The zero-order valence-corrected chi connectivity index (χ0v) is 15.8. The SMILES string of the molecule is CCC(=O)CNc1nnc(C(=O)c2nc3ccc(-c4ccccc4)cc3s2)o1. The van der Waals surface area contributed by atoms with Crippen molar-refractivity contribution in [3.8, 4) is 11.1 Å². The van der Waals surface area contributed by atoms with Crippen LogP contribution in [0.1, 0.15) is 29.0 Å². The lowest BCUT2D eigenvalue weighted by Crippen LogP contribution is -2.12. The van der Waals surface area contributed by atoms with Crippen molar-refractivity contribution >= 4 is 39.1 Å².